The number of halogens is 1. The fraction of sp³-hybridized carbons (Fsp3) is 0.538. The molecule has 0 fully saturated rings. The molecule has 0 saturated carbocycles. The number of rotatable bonds is 4. The lowest BCUT2D eigenvalue weighted by Gasteiger charge is -2.24. The first-order valence-electron chi connectivity index (χ1n) is 5.74. The van der Waals surface area contributed by atoms with Gasteiger partial charge in [-0.1, -0.05) is 6.92 Å². The Balaban J connectivity index is 3.19. The van der Waals surface area contributed by atoms with Gasteiger partial charge in [-0.2, -0.15) is 0 Å². The first-order valence-corrected chi connectivity index (χ1v) is 5.74. The highest BCUT2D eigenvalue weighted by atomic mass is 19.1. The number of anilines is 1. The molecule has 2 nitrogen and oxygen atoms in total. The van der Waals surface area contributed by atoms with Crippen LogP contribution in [0.15, 0.2) is 12.1 Å². The molecule has 0 bridgehead atoms. The summed E-state index contributed by atoms with van der Waals surface area (Å²) in [6, 6.07) is 3.29. The Morgan fingerprint density at radius 2 is 2.06 bits per heavy atom. The molecular weight excluding hydrogens is 203 g/mol. The van der Waals surface area contributed by atoms with Crippen LogP contribution in [0.5, 0.6) is 0 Å². The van der Waals surface area contributed by atoms with Gasteiger partial charge < -0.3 is 10.6 Å². The zero-order chi connectivity index (χ0) is 12.3. The van der Waals surface area contributed by atoms with Crippen molar-refractivity contribution in [3.05, 3.63) is 29.1 Å². The number of hydrogen-bond donors (Lipinski definition) is 1. The third-order valence-electron chi connectivity index (χ3n) is 2.77. The molecule has 16 heavy (non-hydrogen) atoms. The molecule has 0 heterocycles. The van der Waals surface area contributed by atoms with E-state index in [0.717, 1.165) is 24.2 Å². The van der Waals surface area contributed by atoms with Crippen molar-refractivity contribution in [1.29, 1.82) is 0 Å². The maximum Gasteiger partial charge on any atom is 0.126 e. The second kappa shape index (κ2) is 5.30. The summed E-state index contributed by atoms with van der Waals surface area (Å²) in [6.45, 7) is 6.74. The summed E-state index contributed by atoms with van der Waals surface area (Å²) in [5.74, 6) is -0.180. The van der Waals surface area contributed by atoms with Crippen LogP contribution >= 0.6 is 0 Å². The van der Waals surface area contributed by atoms with Crippen molar-refractivity contribution < 1.29 is 4.39 Å². The molecule has 0 radical (unpaired) electrons. The van der Waals surface area contributed by atoms with E-state index in [0.29, 0.717) is 5.56 Å². The lowest BCUT2D eigenvalue weighted by Crippen LogP contribution is -2.21. The molecule has 1 aromatic carbocycles. The van der Waals surface area contributed by atoms with Gasteiger partial charge in [0, 0.05) is 25.3 Å². The second-order valence-corrected chi connectivity index (χ2v) is 4.37. The van der Waals surface area contributed by atoms with Crippen LogP contribution in [0, 0.1) is 12.7 Å². The minimum atomic E-state index is -0.180. The third kappa shape index (κ3) is 2.73. The van der Waals surface area contributed by atoms with Gasteiger partial charge in [-0.3, -0.25) is 0 Å². The summed E-state index contributed by atoms with van der Waals surface area (Å²) < 4.78 is 13.5. The van der Waals surface area contributed by atoms with Crippen LogP contribution < -0.4 is 10.6 Å². The molecular formula is C13H21FN2. The normalized spacial score (nSPS) is 12.6. The fourth-order valence-electron chi connectivity index (χ4n) is 1.83. The Bertz CT molecular complexity index is 361. The van der Waals surface area contributed by atoms with E-state index in [1.54, 1.807) is 13.0 Å². The predicted octanol–water partition coefficient (Wildman–Crippen LogP) is 3.00. The average molecular weight is 224 g/mol. The lowest BCUT2D eigenvalue weighted by atomic mass is 10.0. The Hall–Kier alpha value is -1.09. The van der Waals surface area contributed by atoms with E-state index >= 15 is 0 Å². The van der Waals surface area contributed by atoms with Crippen molar-refractivity contribution in [2.24, 2.45) is 5.73 Å². The van der Waals surface area contributed by atoms with E-state index in [4.69, 9.17) is 5.73 Å². The molecule has 2 N–H and O–H groups in total. The molecule has 1 atom stereocenters. The molecule has 3 heteroatoms. The first-order chi connectivity index (χ1) is 7.47. The third-order valence-corrected chi connectivity index (χ3v) is 2.77. The van der Waals surface area contributed by atoms with E-state index in [-0.39, 0.29) is 11.9 Å². The average Bonchev–Trinajstić information content (AvgIpc) is 2.21. The highest BCUT2D eigenvalue weighted by molar-refractivity contribution is 5.56. The van der Waals surface area contributed by atoms with Gasteiger partial charge in [-0.25, -0.2) is 4.39 Å². The summed E-state index contributed by atoms with van der Waals surface area (Å²) in [7, 11) is 2.02. The molecule has 0 spiro atoms. The van der Waals surface area contributed by atoms with Gasteiger partial charge in [0.25, 0.3) is 0 Å². The van der Waals surface area contributed by atoms with Gasteiger partial charge in [0.2, 0.25) is 0 Å². The topological polar surface area (TPSA) is 29.3 Å². The predicted molar refractivity (Wildman–Crippen MR) is 67.3 cm³/mol. The van der Waals surface area contributed by atoms with Crippen molar-refractivity contribution in [3.63, 3.8) is 0 Å². The van der Waals surface area contributed by atoms with Crippen molar-refractivity contribution in [2.75, 3.05) is 18.5 Å². The minimum Gasteiger partial charge on any atom is -0.374 e. The maximum absolute atomic E-state index is 13.5. The molecule has 0 aliphatic heterocycles. The molecule has 0 aliphatic carbocycles. The number of aryl methyl sites for hydroxylation is 1. The van der Waals surface area contributed by atoms with Gasteiger partial charge >= 0.3 is 0 Å². The summed E-state index contributed by atoms with van der Waals surface area (Å²) >= 11 is 0. The molecule has 90 valence electrons. The number of hydrogen-bond acceptors (Lipinski definition) is 2. The van der Waals surface area contributed by atoms with Crippen LogP contribution in [0.2, 0.25) is 0 Å². The van der Waals surface area contributed by atoms with Crippen LogP contribution in [-0.2, 0) is 0 Å². The van der Waals surface area contributed by atoms with E-state index in [1.165, 1.54) is 0 Å². The maximum atomic E-state index is 13.5. The zero-order valence-corrected chi connectivity index (χ0v) is 10.5. The standard InChI is InChI=1S/C13H21FN2/c1-5-6-16(4)13-7-9(2)12(14)8-11(13)10(3)15/h7-8,10H,5-6,15H2,1-4H3/t10-/m0/s1. The van der Waals surface area contributed by atoms with E-state index < -0.39 is 0 Å². The highest BCUT2D eigenvalue weighted by Gasteiger charge is 2.13. The Morgan fingerprint density at radius 1 is 1.44 bits per heavy atom. The van der Waals surface area contributed by atoms with Crippen molar-refractivity contribution in [3.8, 4) is 0 Å². The molecule has 0 aromatic heterocycles. The van der Waals surface area contributed by atoms with Gasteiger partial charge in [0.1, 0.15) is 5.82 Å². The Morgan fingerprint density at radius 3 is 2.56 bits per heavy atom. The van der Waals surface area contributed by atoms with Crippen LogP contribution in [0.3, 0.4) is 0 Å². The summed E-state index contributed by atoms with van der Waals surface area (Å²) in [5.41, 5.74) is 8.45. The summed E-state index contributed by atoms with van der Waals surface area (Å²) in [5, 5.41) is 0. The molecule has 0 unspecified atom stereocenters. The molecule has 1 rings (SSSR count). The van der Waals surface area contributed by atoms with Crippen molar-refractivity contribution in [1.82, 2.24) is 0 Å². The van der Waals surface area contributed by atoms with Crippen LogP contribution in [0.4, 0.5) is 10.1 Å². The van der Waals surface area contributed by atoms with Crippen LogP contribution in [0.25, 0.3) is 0 Å². The quantitative estimate of drug-likeness (QED) is 0.852. The van der Waals surface area contributed by atoms with Crippen molar-refractivity contribution >= 4 is 5.69 Å². The lowest BCUT2D eigenvalue weighted by molar-refractivity contribution is 0.612. The SMILES string of the molecule is CCCN(C)c1cc(C)c(F)cc1[C@H](C)N. The Labute approximate surface area is 97.3 Å². The molecule has 1 aromatic rings. The van der Waals surface area contributed by atoms with Gasteiger partial charge in [-0.05, 0) is 43.5 Å². The fourth-order valence-corrected chi connectivity index (χ4v) is 1.83. The smallest absolute Gasteiger partial charge is 0.126 e. The van der Waals surface area contributed by atoms with E-state index in [1.807, 2.05) is 20.0 Å². The monoisotopic (exact) mass is 224 g/mol. The number of nitrogens with zero attached hydrogens (tertiary/aromatic N) is 1. The van der Waals surface area contributed by atoms with Crippen molar-refractivity contribution in [2.45, 2.75) is 33.2 Å². The molecule has 0 saturated heterocycles. The van der Waals surface area contributed by atoms with Gasteiger partial charge in [-0.15, -0.1) is 0 Å². The highest BCUT2D eigenvalue weighted by Crippen LogP contribution is 2.27. The number of benzene rings is 1. The Kier molecular flexibility index (Phi) is 4.30. The molecule has 0 amide bonds. The van der Waals surface area contributed by atoms with Crippen LogP contribution in [-0.4, -0.2) is 13.6 Å². The summed E-state index contributed by atoms with van der Waals surface area (Å²) in [6.07, 6.45) is 1.06. The van der Waals surface area contributed by atoms with Gasteiger partial charge in [0.15, 0.2) is 0 Å². The largest absolute Gasteiger partial charge is 0.374 e. The van der Waals surface area contributed by atoms with Crippen LogP contribution in [0.1, 0.15) is 37.4 Å². The van der Waals surface area contributed by atoms with Gasteiger partial charge in [0.05, 0.1) is 0 Å². The number of nitrogens with two attached hydrogens (primary N) is 1. The second-order valence-electron chi connectivity index (χ2n) is 4.37. The first kappa shape index (κ1) is 13.0. The minimum absolute atomic E-state index is 0.149. The summed E-state index contributed by atoms with van der Waals surface area (Å²) in [4.78, 5) is 2.13. The zero-order valence-electron chi connectivity index (χ0n) is 10.5. The van der Waals surface area contributed by atoms with E-state index in [9.17, 15) is 4.39 Å². The molecule has 0 aliphatic rings. The van der Waals surface area contributed by atoms with E-state index in [2.05, 4.69) is 11.8 Å².